The first-order valence-corrected chi connectivity index (χ1v) is 8.26. The number of nitrogens with one attached hydrogen (secondary N) is 2. The van der Waals surface area contributed by atoms with Gasteiger partial charge in [0, 0.05) is 31.6 Å². The number of nitrogens with two attached hydrogens (primary N) is 1. The van der Waals surface area contributed by atoms with Crippen LogP contribution in [0.1, 0.15) is 25.7 Å². The first-order chi connectivity index (χ1) is 8.97. The van der Waals surface area contributed by atoms with Crippen LogP contribution < -0.4 is 15.8 Å². The second-order valence-electron chi connectivity index (χ2n) is 5.27. The third-order valence-corrected chi connectivity index (χ3v) is 4.91. The SMILES string of the molecule is Cl.NS(=O)(=O)N1CCC(C(=O)N[C@H]2CCCNC2)CC1. The Bertz CT molecular complexity index is 417. The van der Waals surface area contributed by atoms with Gasteiger partial charge in [-0.3, -0.25) is 4.79 Å². The summed E-state index contributed by atoms with van der Waals surface area (Å²) in [6.07, 6.45) is 3.17. The van der Waals surface area contributed by atoms with Gasteiger partial charge in [0.05, 0.1) is 0 Å². The molecule has 20 heavy (non-hydrogen) atoms. The van der Waals surface area contributed by atoms with Crippen LogP contribution in [0.25, 0.3) is 0 Å². The maximum absolute atomic E-state index is 12.1. The van der Waals surface area contributed by atoms with E-state index in [4.69, 9.17) is 5.14 Å². The van der Waals surface area contributed by atoms with Gasteiger partial charge in [-0.1, -0.05) is 0 Å². The number of hydrogen-bond acceptors (Lipinski definition) is 4. The molecular weight excluding hydrogens is 304 g/mol. The summed E-state index contributed by atoms with van der Waals surface area (Å²) in [7, 11) is -3.61. The van der Waals surface area contributed by atoms with Gasteiger partial charge >= 0.3 is 0 Å². The van der Waals surface area contributed by atoms with Crippen molar-refractivity contribution in [3.63, 3.8) is 0 Å². The van der Waals surface area contributed by atoms with Crippen molar-refractivity contribution in [3.8, 4) is 0 Å². The van der Waals surface area contributed by atoms with Gasteiger partial charge in [-0.05, 0) is 32.2 Å². The van der Waals surface area contributed by atoms with Crippen LogP contribution in [0.15, 0.2) is 0 Å². The topological polar surface area (TPSA) is 105 Å². The van der Waals surface area contributed by atoms with E-state index in [2.05, 4.69) is 10.6 Å². The van der Waals surface area contributed by atoms with E-state index in [1.807, 2.05) is 0 Å². The number of carbonyl (C=O) groups excluding carboxylic acids is 1. The predicted octanol–water partition coefficient (Wildman–Crippen LogP) is -0.808. The number of piperidine rings is 2. The summed E-state index contributed by atoms with van der Waals surface area (Å²) in [5.74, 6) is -0.0531. The van der Waals surface area contributed by atoms with Crippen molar-refractivity contribution >= 4 is 28.5 Å². The molecule has 0 aliphatic carbocycles. The van der Waals surface area contributed by atoms with Gasteiger partial charge in [-0.2, -0.15) is 12.7 Å². The highest BCUT2D eigenvalue weighted by molar-refractivity contribution is 7.86. The van der Waals surface area contributed by atoms with Crippen LogP contribution in [-0.2, 0) is 15.0 Å². The normalized spacial score (nSPS) is 25.8. The molecule has 4 N–H and O–H groups in total. The highest BCUT2D eigenvalue weighted by atomic mass is 35.5. The molecule has 2 rings (SSSR count). The van der Waals surface area contributed by atoms with Crippen molar-refractivity contribution in [2.24, 2.45) is 11.1 Å². The highest BCUT2D eigenvalue weighted by Gasteiger charge is 2.30. The van der Waals surface area contributed by atoms with Gasteiger partial charge in [0.25, 0.3) is 10.2 Å². The van der Waals surface area contributed by atoms with Crippen LogP contribution in [0.4, 0.5) is 0 Å². The molecule has 118 valence electrons. The molecule has 7 nitrogen and oxygen atoms in total. The molecule has 0 spiro atoms. The lowest BCUT2D eigenvalue weighted by atomic mass is 9.96. The largest absolute Gasteiger partial charge is 0.352 e. The molecule has 1 amide bonds. The van der Waals surface area contributed by atoms with Gasteiger partial charge in [0.1, 0.15) is 0 Å². The summed E-state index contributed by atoms with van der Waals surface area (Å²) < 4.78 is 23.6. The van der Waals surface area contributed by atoms with Gasteiger partial charge < -0.3 is 10.6 Å². The summed E-state index contributed by atoms with van der Waals surface area (Å²) in [6, 6.07) is 0.206. The lowest BCUT2D eigenvalue weighted by Crippen LogP contribution is -2.50. The molecule has 0 saturated carbocycles. The van der Waals surface area contributed by atoms with E-state index in [0.717, 1.165) is 25.9 Å². The summed E-state index contributed by atoms with van der Waals surface area (Å²) >= 11 is 0. The fourth-order valence-corrected chi connectivity index (χ4v) is 3.39. The number of rotatable bonds is 3. The molecule has 0 aromatic carbocycles. The number of halogens is 1. The molecular formula is C11H23ClN4O3S. The zero-order valence-corrected chi connectivity index (χ0v) is 13.0. The van der Waals surface area contributed by atoms with E-state index in [9.17, 15) is 13.2 Å². The molecule has 2 heterocycles. The zero-order chi connectivity index (χ0) is 13.9. The van der Waals surface area contributed by atoms with Crippen molar-refractivity contribution < 1.29 is 13.2 Å². The van der Waals surface area contributed by atoms with Gasteiger partial charge in [0.2, 0.25) is 5.91 Å². The van der Waals surface area contributed by atoms with E-state index in [1.54, 1.807) is 0 Å². The maximum Gasteiger partial charge on any atom is 0.276 e. The monoisotopic (exact) mass is 326 g/mol. The molecule has 0 radical (unpaired) electrons. The number of carbonyl (C=O) groups is 1. The van der Waals surface area contributed by atoms with E-state index < -0.39 is 10.2 Å². The number of amides is 1. The van der Waals surface area contributed by atoms with Crippen molar-refractivity contribution in [1.29, 1.82) is 0 Å². The van der Waals surface area contributed by atoms with Crippen LogP contribution in [0.2, 0.25) is 0 Å². The average molecular weight is 327 g/mol. The fourth-order valence-electron chi connectivity index (χ4n) is 2.67. The minimum atomic E-state index is -3.61. The van der Waals surface area contributed by atoms with E-state index >= 15 is 0 Å². The maximum atomic E-state index is 12.1. The standard InChI is InChI=1S/C11H22N4O3S.ClH/c12-19(17,18)15-6-3-9(4-7-15)11(16)14-10-2-1-5-13-8-10;/h9-10,13H,1-8H2,(H,14,16)(H2,12,17,18);1H/t10-;/m0./s1. The Morgan fingerprint density at radius 2 is 1.90 bits per heavy atom. The Balaban J connectivity index is 0.00000200. The van der Waals surface area contributed by atoms with Gasteiger partial charge in [-0.25, -0.2) is 5.14 Å². The first-order valence-electron chi connectivity index (χ1n) is 6.76. The smallest absolute Gasteiger partial charge is 0.276 e. The van der Waals surface area contributed by atoms with Crippen LogP contribution in [0.3, 0.4) is 0 Å². The van der Waals surface area contributed by atoms with Crippen LogP contribution in [-0.4, -0.2) is 50.9 Å². The van der Waals surface area contributed by atoms with Gasteiger partial charge in [0.15, 0.2) is 0 Å². The predicted molar refractivity (Wildman–Crippen MR) is 78.7 cm³/mol. The minimum absolute atomic E-state index is 0. The summed E-state index contributed by atoms with van der Waals surface area (Å²) in [6.45, 7) is 2.50. The minimum Gasteiger partial charge on any atom is -0.352 e. The van der Waals surface area contributed by atoms with Crippen molar-refractivity contribution in [2.75, 3.05) is 26.2 Å². The quantitative estimate of drug-likeness (QED) is 0.631. The first kappa shape index (κ1) is 17.6. The molecule has 2 fully saturated rings. The van der Waals surface area contributed by atoms with E-state index in [0.29, 0.717) is 25.9 Å². The number of nitrogens with zero attached hydrogens (tertiary/aromatic N) is 1. The summed E-state index contributed by atoms with van der Waals surface area (Å²) in [5.41, 5.74) is 0. The molecule has 2 saturated heterocycles. The van der Waals surface area contributed by atoms with Crippen molar-refractivity contribution in [3.05, 3.63) is 0 Å². The molecule has 2 aliphatic heterocycles. The third kappa shape index (κ3) is 4.85. The Kier molecular flexibility index (Phi) is 6.67. The van der Waals surface area contributed by atoms with Crippen molar-refractivity contribution in [2.45, 2.75) is 31.7 Å². The Labute approximate surface area is 126 Å². The molecule has 0 unspecified atom stereocenters. The average Bonchev–Trinajstić information content (AvgIpc) is 2.39. The molecule has 9 heteroatoms. The molecule has 1 atom stereocenters. The Morgan fingerprint density at radius 1 is 1.25 bits per heavy atom. The van der Waals surface area contributed by atoms with E-state index in [-0.39, 0.29) is 30.3 Å². The second-order valence-corrected chi connectivity index (χ2v) is 6.82. The lowest BCUT2D eigenvalue weighted by Gasteiger charge is -2.31. The Hall–Kier alpha value is -0.410. The van der Waals surface area contributed by atoms with Crippen LogP contribution in [0.5, 0.6) is 0 Å². The molecule has 2 aliphatic rings. The van der Waals surface area contributed by atoms with Crippen LogP contribution >= 0.6 is 12.4 Å². The number of hydrogen-bond donors (Lipinski definition) is 3. The Morgan fingerprint density at radius 3 is 2.40 bits per heavy atom. The van der Waals surface area contributed by atoms with Gasteiger partial charge in [-0.15, -0.1) is 12.4 Å². The van der Waals surface area contributed by atoms with E-state index in [1.165, 1.54) is 4.31 Å². The fraction of sp³-hybridized carbons (Fsp3) is 0.909. The molecule has 0 aromatic heterocycles. The summed E-state index contributed by atoms with van der Waals surface area (Å²) in [5, 5.41) is 11.4. The third-order valence-electron chi connectivity index (χ3n) is 3.83. The lowest BCUT2D eigenvalue weighted by molar-refractivity contribution is -0.126. The molecule has 0 bridgehead atoms. The summed E-state index contributed by atoms with van der Waals surface area (Å²) in [4.78, 5) is 12.1. The van der Waals surface area contributed by atoms with Crippen molar-refractivity contribution in [1.82, 2.24) is 14.9 Å². The zero-order valence-electron chi connectivity index (χ0n) is 11.4. The second kappa shape index (κ2) is 7.56. The highest BCUT2D eigenvalue weighted by Crippen LogP contribution is 2.19. The van der Waals surface area contributed by atoms with Crippen LogP contribution in [0, 0.1) is 5.92 Å². The molecule has 0 aromatic rings.